The van der Waals surface area contributed by atoms with Crippen molar-refractivity contribution in [3.05, 3.63) is 35.9 Å². The average Bonchev–Trinajstić information content (AvgIpc) is 2.55. The molecular formula is C9H10N2S. The van der Waals surface area contributed by atoms with E-state index in [1.54, 1.807) is 11.8 Å². The molecule has 1 aliphatic rings. The van der Waals surface area contributed by atoms with E-state index in [2.05, 4.69) is 4.99 Å². The van der Waals surface area contributed by atoms with Crippen LogP contribution in [0.25, 0.3) is 0 Å². The number of hydrogen-bond acceptors (Lipinski definition) is 3. The molecule has 12 heavy (non-hydrogen) atoms. The number of nitrogens with zero attached hydrogens (tertiary/aromatic N) is 1. The Balaban J connectivity index is 2.36. The van der Waals surface area contributed by atoms with Crippen LogP contribution >= 0.6 is 11.8 Å². The maximum absolute atomic E-state index is 6.06. The van der Waals surface area contributed by atoms with Crippen molar-refractivity contribution in [2.75, 3.05) is 5.75 Å². The van der Waals surface area contributed by atoms with Gasteiger partial charge >= 0.3 is 0 Å². The van der Waals surface area contributed by atoms with Crippen LogP contribution in [0, 0.1) is 0 Å². The molecule has 0 saturated heterocycles. The molecule has 2 rings (SSSR count). The van der Waals surface area contributed by atoms with Gasteiger partial charge in [0.15, 0.2) is 0 Å². The molecule has 0 bridgehead atoms. The minimum Gasteiger partial charge on any atom is -0.303 e. The number of benzene rings is 1. The highest BCUT2D eigenvalue weighted by molar-refractivity contribution is 8.12. The zero-order chi connectivity index (χ0) is 8.44. The lowest BCUT2D eigenvalue weighted by Crippen LogP contribution is -2.34. The van der Waals surface area contributed by atoms with E-state index in [1.807, 2.05) is 35.9 Å². The molecule has 0 amide bonds. The summed E-state index contributed by atoms with van der Waals surface area (Å²) >= 11 is 1.66. The third-order valence-corrected chi connectivity index (χ3v) is 2.80. The maximum atomic E-state index is 6.06. The SMILES string of the molecule is NC1(c2ccccc2)CSC=N1. The third kappa shape index (κ3) is 1.26. The summed E-state index contributed by atoms with van der Waals surface area (Å²) < 4.78 is 0. The van der Waals surface area contributed by atoms with Crippen molar-refractivity contribution in [1.82, 2.24) is 0 Å². The van der Waals surface area contributed by atoms with Crippen LogP contribution in [0.4, 0.5) is 0 Å². The molecule has 1 unspecified atom stereocenters. The van der Waals surface area contributed by atoms with Crippen molar-refractivity contribution in [3.63, 3.8) is 0 Å². The zero-order valence-corrected chi connectivity index (χ0v) is 7.42. The normalized spacial score (nSPS) is 27.8. The molecule has 0 saturated carbocycles. The Morgan fingerprint density at radius 3 is 2.67 bits per heavy atom. The summed E-state index contributed by atoms with van der Waals surface area (Å²) in [5.41, 5.74) is 8.50. The molecule has 2 nitrogen and oxygen atoms in total. The van der Waals surface area contributed by atoms with Gasteiger partial charge in [-0.1, -0.05) is 30.3 Å². The Morgan fingerprint density at radius 1 is 1.33 bits per heavy atom. The van der Waals surface area contributed by atoms with Crippen molar-refractivity contribution in [2.45, 2.75) is 5.66 Å². The number of rotatable bonds is 1. The summed E-state index contributed by atoms with van der Waals surface area (Å²) in [6.07, 6.45) is 0. The first-order valence-corrected chi connectivity index (χ1v) is 4.86. The molecule has 0 aromatic heterocycles. The van der Waals surface area contributed by atoms with Gasteiger partial charge in [0.1, 0.15) is 5.66 Å². The van der Waals surface area contributed by atoms with Crippen LogP contribution in [0.15, 0.2) is 35.3 Å². The van der Waals surface area contributed by atoms with Crippen LogP contribution in [-0.2, 0) is 5.66 Å². The first kappa shape index (κ1) is 7.83. The topological polar surface area (TPSA) is 38.4 Å². The minimum absolute atomic E-state index is 0.480. The first-order chi connectivity index (χ1) is 5.81. The van der Waals surface area contributed by atoms with E-state index in [9.17, 15) is 0 Å². The molecular weight excluding hydrogens is 168 g/mol. The Kier molecular flexibility index (Phi) is 1.90. The van der Waals surface area contributed by atoms with Gasteiger partial charge < -0.3 is 5.73 Å². The maximum Gasteiger partial charge on any atom is 0.143 e. The Labute approximate surface area is 75.9 Å². The molecule has 3 heteroatoms. The van der Waals surface area contributed by atoms with Crippen molar-refractivity contribution >= 4 is 17.3 Å². The van der Waals surface area contributed by atoms with Crippen molar-refractivity contribution in [1.29, 1.82) is 0 Å². The van der Waals surface area contributed by atoms with Gasteiger partial charge in [0.25, 0.3) is 0 Å². The van der Waals surface area contributed by atoms with Crippen LogP contribution in [0.1, 0.15) is 5.56 Å². The Hall–Kier alpha value is -0.800. The second-order valence-electron chi connectivity index (χ2n) is 2.84. The van der Waals surface area contributed by atoms with Gasteiger partial charge in [0.05, 0.1) is 5.55 Å². The Bertz CT molecular complexity index is 297. The summed E-state index contributed by atoms with van der Waals surface area (Å²) in [4.78, 5) is 4.25. The van der Waals surface area contributed by atoms with Crippen LogP contribution in [-0.4, -0.2) is 11.3 Å². The van der Waals surface area contributed by atoms with E-state index in [0.717, 1.165) is 11.3 Å². The third-order valence-electron chi connectivity index (χ3n) is 1.93. The lowest BCUT2D eigenvalue weighted by Gasteiger charge is -2.19. The van der Waals surface area contributed by atoms with Gasteiger partial charge in [-0.25, -0.2) is 0 Å². The predicted molar refractivity (Wildman–Crippen MR) is 53.3 cm³/mol. The molecule has 1 aromatic rings. The average molecular weight is 178 g/mol. The second kappa shape index (κ2) is 2.92. The molecule has 1 aromatic carbocycles. The molecule has 0 fully saturated rings. The molecule has 0 radical (unpaired) electrons. The van der Waals surface area contributed by atoms with Crippen molar-refractivity contribution in [2.24, 2.45) is 10.7 Å². The number of aliphatic imine (C=N–C) groups is 1. The quantitative estimate of drug-likeness (QED) is 0.709. The van der Waals surface area contributed by atoms with Crippen LogP contribution in [0.5, 0.6) is 0 Å². The van der Waals surface area contributed by atoms with Gasteiger partial charge in [0.2, 0.25) is 0 Å². The fraction of sp³-hybridized carbons (Fsp3) is 0.222. The highest BCUT2D eigenvalue weighted by Gasteiger charge is 2.28. The van der Waals surface area contributed by atoms with Gasteiger partial charge in [-0.05, 0) is 5.56 Å². The molecule has 0 aliphatic carbocycles. The fourth-order valence-corrected chi connectivity index (χ4v) is 2.05. The van der Waals surface area contributed by atoms with Gasteiger partial charge in [-0.2, -0.15) is 0 Å². The minimum atomic E-state index is -0.480. The molecule has 1 aliphatic heterocycles. The molecule has 0 spiro atoms. The smallest absolute Gasteiger partial charge is 0.143 e. The summed E-state index contributed by atoms with van der Waals surface area (Å²) in [6, 6.07) is 10.00. The summed E-state index contributed by atoms with van der Waals surface area (Å²) in [5.74, 6) is 0.844. The van der Waals surface area contributed by atoms with E-state index in [4.69, 9.17) is 5.73 Å². The monoisotopic (exact) mass is 178 g/mol. The van der Waals surface area contributed by atoms with E-state index < -0.39 is 5.66 Å². The second-order valence-corrected chi connectivity index (χ2v) is 3.67. The van der Waals surface area contributed by atoms with E-state index >= 15 is 0 Å². The lowest BCUT2D eigenvalue weighted by molar-refractivity contribution is 0.546. The number of hydrogen-bond donors (Lipinski definition) is 1. The van der Waals surface area contributed by atoms with Crippen LogP contribution < -0.4 is 5.73 Å². The van der Waals surface area contributed by atoms with E-state index in [0.29, 0.717) is 0 Å². The molecule has 1 heterocycles. The Morgan fingerprint density at radius 2 is 2.08 bits per heavy atom. The van der Waals surface area contributed by atoms with Crippen molar-refractivity contribution in [3.8, 4) is 0 Å². The van der Waals surface area contributed by atoms with Crippen molar-refractivity contribution < 1.29 is 0 Å². The summed E-state index contributed by atoms with van der Waals surface area (Å²) in [6.45, 7) is 0. The lowest BCUT2D eigenvalue weighted by atomic mass is 10.0. The number of nitrogens with two attached hydrogens (primary N) is 1. The first-order valence-electron chi connectivity index (χ1n) is 3.81. The zero-order valence-electron chi connectivity index (χ0n) is 6.60. The standard InChI is InChI=1S/C9H10N2S/c10-9(6-12-7-11-9)8-4-2-1-3-5-8/h1-5,7H,6,10H2. The largest absolute Gasteiger partial charge is 0.303 e. The van der Waals surface area contributed by atoms with Gasteiger partial charge in [-0.15, -0.1) is 11.8 Å². The summed E-state index contributed by atoms with van der Waals surface area (Å²) in [7, 11) is 0. The van der Waals surface area contributed by atoms with Crippen LogP contribution in [0.3, 0.4) is 0 Å². The summed E-state index contributed by atoms with van der Waals surface area (Å²) in [5, 5.41) is 0. The fourth-order valence-electron chi connectivity index (χ4n) is 1.22. The van der Waals surface area contributed by atoms with E-state index in [1.165, 1.54) is 0 Å². The van der Waals surface area contributed by atoms with Gasteiger partial charge in [-0.3, -0.25) is 4.99 Å². The molecule has 1 atom stereocenters. The predicted octanol–water partition coefficient (Wildman–Crippen LogP) is 1.57. The molecule has 62 valence electrons. The highest BCUT2D eigenvalue weighted by Crippen LogP contribution is 2.28. The highest BCUT2D eigenvalue weighted by atomic mass is 32.2. The van der Waals surface area contributed by atoms with Crippen LogP contribution in [0.2, 0.25) is 0 Å². The van der Waals surface area contributed by atoms with Gasteiger partial charge in [0, 0.05) is 5.75 Å². The number of thioether (sulfide) groups is 1. The molecule has 2 N–H and O–H groups in total. The van der Waals surface area contributed by atoms with E-state index in [-0.39, 0.29) is 0 Å².